The molecule has 0 amide bonds. The number of hydrogen-bond acceptors (Lipinski definition) is 4. The fourth-order valence-corrected chi connectivity index (χ4v) is 2.34. The zero-order valence-corrected chi connectivity index (χ0v) is 12.3. The summed E-state index contributed by atoms with van der Waals surface area (Å²) in [7, 11) is 0. The van der Waals surface area contributed by atoms with E-state index in [1.807, 2.05) is 24.3 Å². The number of hydrogen-bond donors (Lipinski definition) is 0. The third-order valence-corrected chi connectivity index (χ3v) is 3.42. The highest BCUT2D eigenvalue weighted by Crippen LogP contribution is 2.28. The van der Waals surface area contributed by atoms with Gasteiger partial charge in [0.15, 0.2) is 0 Å². The first-order valence-electron chi connectivity index (χ1n) is 6.10. The fourth-order valence-electron chi connectivity index (χ4n) is 1.94. The van der Waals surface area contributed by atoms with Crippen LogP contribution in [0.2, 0.25) is 0 Å². The van der Waals surface area contributed by atoms with Gasteiger partial charge < -0.3 is 4.42 Å². The van der Waals surface area contributed by atoms with Crippen molar-refractivity contribution in [3.63, 3.8) is 0 Å². The second-order valence-electron chi connectivity index (χ2n) is 4.36. The minimum absolute atomic E-state index is 0.00899. The van der Waals surface area contributed by atoms with E-state index in [1.165, 1.54) is 18.4 Å². The Morgan fingerprint density at radius 1 is 1.10 bits per heavy atom. The highest BCUT2D eigenvalue weighted by molar-refractivity contribution is 9.10. The average Bonchev–Trinajstić information content (AvgIpc) is 2.97. The number of nitro groups is 1. The topological polar surface area (TPSA) is 69.2 Å². The lowest BCUT2D eigenvalue weighted by Gasteiger charge is -1.96. The van der Waals surface area contributed by atoms with E-state index in [-0.39, 0.29) is 5.69 Å². The third-order valence-electron chi connectivity index (χ3n) is 2.93. The Morgan fingerprint density at radius 3 is 2.62 bits per heavy atom. The number of oxazole rings is 1. The molecule has 0 atom stereocenters. The summed E-state index contributed by atoms with van der Waals surface area (Å²) in [6, 6.07) is 13.9. The number of halogens is 1. The third kappa shape index (κ3) is 2.85. The van der Waals surface area contributed by atoms with E-state index in [9.17, 15) is 10.1 Å². The van der Waals surface area contributed by atoms with Crippen molar-refractivity contribution in [3.05, 3.63) is 69.4 Å². The summed E-state index contributed by atoms with van der Waals surface area (Å²) in [5, 5.41) is 10.8. The van der Waals surface area contributed by atoms with Gasteiger partial charge in [-0.2, -0.15) is 0 Å². The molecule has 0 aliphatic rings. The highest BCUT2D eigenvalue weighted by Gasteiger charge is 2.12. The van der Waals surface area contributed by atoms with E-state index in [2.05, 4.69) is 20.9 Å². The van der Waals surface area contributed by atoms with Gasteiger partial charge in [0.2, 0.25) is 5.89 Å². The number of nitrogens with zero attached hydrogens (tertiary/aromatic N) is 2. The Bertz CT molecular complexity index is 814. The first-order chi connectivity index (χ1) is 10.1. The molecule has 0 radical (unpaired) electrons. The molecule has 1 aromatic heterocycles. The summed E-state index contributed by atoms with van der Waals surface area (Å²) in [5.41, 5.74) is 2.17. The van der Waals surface area contributed by atoms with Gasteiger partial charge in [-0.15, -0.1) is 0 Å². The standard InChI is InChI=1S/C15H9BrN2O3/c16-12-5-1-3-10(7-12)14-9-21-15(17-14)11-4-2-6-13(8-11)18(19)20/h1-9H. The van der Waals surface area contributed by atoms with Crippen molar-refractivity contribution < 1.29 is 9.34 Å². The van der Waals surface area contributed by atoms with Crippen molar-refractivity contribution in [2.45, 2.75) is 0 Å². The molecule has 2 aromatic carbocycles. The maximum absolute atomic E-state index is 10.8. The van der Waals surface area contributed by atoms with Crippen LogP contribution in [0, 0.1) is 10.1 Å². The van der Waals surface area contributed by atoms with Crippen LogP contribution in [-0.2, 0) is 0 Å². The molecular formula is C15H9BrN2O3. The fraction of sp³-hybridized carbons (Fsp3) is 0. The maximum atomic E-state index is 10.8. The Balaban J connectivity index is 1.98. The molecule has 0 aliphatic carbocycles. The SMILES string of the molecule is O=[N+]([O-])c1cccc(-c2nc(-c3cccc(Br)c3)co2)c1. The largest absolute Gasteiger partial charge is 0.444 e. The van der Waals surface area contributed by atoms with E-state index in [0.717, 1.165) is 10.0 Å². The minimum atomic E-state index is -0.443. The summed E-state index contributed by atoms with van der Waals surface area (Å²) in [5.74, 6) is 0.355. The van der Waals surface area contributed by atoms with E-state index in [1.54, 1.807) is 12.1 Å². The van der Waals surface area contributed by atoms with Gasteiger partial charge in [0, 0.05) is 27.7 Å². The highest BCUT2D eigenvalue weighted by atomic mass is 79.9. The molecule has 0 bridgehead atoms. The van der Waals surface area contributed by atoms with Crippen LogP contribution in [0.1, 0.15) is 0 Å². The monoisotopic (exact) mass is 344 g/mol. The van der Waals surface area contributed by atoms with Crippen LogP contribution in [0.5, 0.6) is 0 Å². The summed E-state index contributed by atoms with van der Waals surface area (Å²) in [6.45, 7) is 0. The van der Waals surface area contributed by atoms with Crippen molar-refractivity contribution in [2.24, 2.45) is 0 Å². The molecule has 0 spiro atoms. The smallest absolute Gasteiger partial charge is 0.270 e. The minimum Gasteiger partial charge on any atom is -0.444 e. The van der Waals surface area contributed by atoms with Gasteiger partial charge in [-0.3, -0.25) is 10.1 Å². The molecular weight excluding hydrogens is 336 g/mol. The number of nitro benzene ring substituents is 1. The number of benzene rings is 2. The summed E-state index contributed by atoms with van der Waals surface area (Å²) in [6.07, 6.45) is 1.54. The van der Waals surface area contributed by atoms with Crippen molar-refractivity contribution in [2.75, 3.05) is 0 Å². The van der Waals surface area contributed by atoms with Gasteiger partial charge in [0.25, 0.3) is 5.69 Å². The lowest BCUT2D eigenvalue weighted by molar-refractivity contribution is -0.384. The van der Waals surface area contributed by atoms with Crippen molar-refractivity contribution >= 4 is 21.6 Å². The van der Waals surface area contributed by atoms with Gasteiger partial charge >= 0.3 is 0 Å². The molecule has 104 valence electrons. The molecule has 3 aromatic rings. The molecule has 0 saturated heterocycles. The zero-order chi connectivity index (χ0) is 14.8. The number of aromatic nitrogens is 1. The zero-order valence-electron chi connectivity index (χ0n) is 10.7. The van der Waals surface area contributed by atoms with E-state index >= 15 is 0 Å². The molecule has 3 rings (SSSR count). The number of rotatable bonds is 3. The van der Waals surface area contributed by atoms with E-state index in [0.29, 0.717) is 17.1 Å². The van der Waals surface area contributed by atoms with Crippen LogP contribution in [-0.4, -0.2) is 9.91 Å². The van der Waals surface area contributed by atoms with Gasteiger partial charge in [0.05, 0.1) is 4.92 Å². The molecule has 1 heterocycles. The van der Waals surface area contributed by atoms with Gasteiger partial charge in [-0.25, -0.2) is 4.98 Å². The predicted octanol–water partition coefficient (Wildman–Crippen LogP) is 4.68. The van der Waals surface area contributed by atoms with Gasteiger partial charge in [-0.1, -0.05) is 34.1 Å². The molecule has 0 unspecified atom stereocenters. The predicted molar refractivity (Wildman–Crippen MR) is 81.7 cm³/mol. The molecule has 0 saturated carbocycles. The Morgan fingerprint density at radius 2 is 1.86 bits per heavy atom. The van der Waals surface area contributed by atoms with Crippen LogP contribution in [0.25, 0.3) is 22.7 Å². The Hall–Kier alpha value is -2.47. The van der Waals surface area contributed by atoms with Crippen molar-refractivity contribution in [1.82, 2.24) is 4.98 Å². The molecule has 5 nitrogen and oxygen atoms in total. The van der Waals surface area contributed by atoms with Crippen molar-refractivity contribution in [1.29, 1.82) is 0 Å². The quantitative estimate of drug-likeness (QED) is 0.511. The summed E-state index contributed by atoms with van der Waals surface area (Å²) < 4.78 is 6.38. The summed E-state index contributed by atoms with van der Waals surface area (Å²) >= 11 is 3.40. The molecule has 0 N–H and O–H groups in total. The molecule has 21 heavy (non-hydrogen) atoms. The normalized spacial score (nSPS) is 10.5. The molecule has 0 aliphatic heterocycles. The first kappa shape index (κ1) is 13.5. The average molecular weight is 345 g/mol. The van der Waals surface area contributed by atoms with Crippen LogP contribution >= 0.6 is 15.9 Å². The van der Waals surface area contributed by atoms with Crippen LogP contribution in [0.3, 0.4) is 0 Å². The lowest BCUT2D eigenvalue weighted by Crippen LogP contribution is -1.88. The number of non-ortho nitro benzene ring substituents is 1. The van der Waals surface area contributed by atoms with Gasteiger partial charge in [-0.05, 0) is 18.2 Å². The van der Waals surface area contributed by atoms with Crippen molar-refractivity contribution in [3.8, 4) is 22.7 Å². The second-order valence-corrected chi connectivity index (χ2v) is 5.27. The Labute approximate surface area is 128 Å². The van der Waals surface area contributed by atoms with Gasteiger partial charge in [0.1, 0.15) is 12.0 Å². The van der Waals surface area contributed by atoms with E-state index in [4.69, 9.17) is 4.42 Å². The lowest BCUT2D eigenvalue weighted by atomic mass is 10.2. The van der Waals surface area contributed by atoms with Crippen LogP contribution in [0.15, 0.2) is 63.7 Å². The van der Waals surface area contributed by atoms with E-state index < -0.39 is 4.92 Å². The second kappa shape index (κ2) is 5.49. The Kier molecular flexibility index (Phi) is 3.53. The molecule has 0 fully saturated rings. The first-order valence-corrected chi connectivity index (χ1v) is 6.89. The summed E-state index contributed by atoms with van der Waals surface area (Å²) in [4.78, 5) is 14.7. The molecule has 6 heteroatoms. The maximum Gasteiger partial charge on any atom is 0.270 e. The van der Waals surface area contributed by atoms with Crippen LogP contribution in [0.4, 0.5) is 5.69 Å². The van der Waals surface area contributed by atoms with Crippen LogP contribution < -0.4 is 0 Å².